The lowest BCUT2D eigenvalue weighted by Crippen LogP contribution is -2.40. The van der Waals surface area contributed by atoms with Gasteiger partial charge in [-0.3, -0.25) is 7.05 Å². The zero-order chi connectivity index (χ0) is 7.61. The number of hydrogen-bond acceptors (Lipinski definition) is 2. The van der Waals surface area contributed by atoms with E-state index in [0.717, 1.165) is 19.5 Å². The van der Waals surface area contributed by atoms with Gasteiger partial charge in [-0.1, -0.05) is 6.92 Å². The summed E-state index contributed by atoms with van der Waals surface area (Å²) in [6.07, 6.45) is 2.30. The van der Waals surface area contributed by atoms with Gasteiger partial charge in [0.15, 0.2) is 0 Å². The first-order valence-electron chi connectivity index (χ1n) is 3.83. The van der Waals surface area contributed by atoms with Crippen molar-refractivity contribution in [2.75, 3.05) is 19.7 Å². The highest BCUT2D eigenvalue weighted by Crippen LogP contribution is 2.27. The number of piperidine rings is 1. The fraction of sp³-hybridized carbons (Fsp3) is 0.875. The van der Waals surface area contributed by atoms with Gasteiger partial charge in [0, 0.05) is 12.0 Å². The summed E-state index contributed by atoms with van der Waals surface area (Å²) in [7, 11) is 3.86. The molecule has 0 aromatic rings. The summed E-state index contributed by atoms with van der Waals surface area (Å²) in [6.45, 7) is 4.42. The summed E-state index contributed by atoms with van der Waals surface area (Å²) in [5.74, 6) is 0. The third-order valence-electron chi connectivity index (χ3n) is 2.24. The number of aliphatic hydroxyl groups is 1. The van der Waals surface area contributed by atoms with Crippen LogP contribution in [0.25, 0.3) is 0 Å². The number of aliphatic hydroxyl groups excluding tert-OH is 1. The Labute approximate surface area is 62.8 Å². The highest BCUT2D eigenvalue weighted by molar-refractivity contribution is 4.82. The molecule has 1 N–H and O–H groups in total. The minimum Gasteiger partial charge on any atom is -0.459 e. The Morgan fingerprint density at radius 2 is 2.40 bits per heavy atom. The molecule has 0 aliphatic carbocycles. The molecule has 60 valence electrons. The van der Waals surface area contributed by atoms with E-state index in [1.54, 1.807) is 0 Å². The van der Waals surface area contributed by atoms with Crippen LogP contribution < -0.4 is 0 Å². The largest absolute Gasteiger partial charge is 0.459 e. The average Bonchev–Trinajstić information content (AvgIpc) is 1.88. The van der Waals surface area contributed by atoms with E-state index in [1.807, 2.05) is 4.90 Å². The third kappa shape index (κ3) is 1.70. The zero-order valence-electron chi connectivity index (χ0n) is 6.64. The summed E-state index contributed by atoms with van der Waals surface area (Å²) >= 11 is 0. The minimum atomic E-state index is 0.111. The van der Waals surface area contributed by atoms with Crippen LogP contribution in [0.1, 0.15) is 19.8 Å². The van der Waals surface area contributed by atoms with Crippen molar-refractivity contribution >= 4 is 0 Å². The van der Waals surface area contributed by atoms with Gasteiger partial charge in [-0.05, 0) is 25.9 Å². The Kier molecular flexibility index (Phi) is 2.32. The molecule has 1 saturated heterocycles. The predicted octanol–water partition coefficient (Wildman–Crippen LogP) is 0.872. The Morgan fingerprint density at radius 1 is 1.70 bits per heavy atom. The molecular weight excluding hydrogens is 126 g/mol. The first-order valence-corrected chi connectivity index (χ1v) is 3.83. The summed E-state index contributed by atoms with van der Waals surface area (Å²) in [4.78, 5) is 2.04. The Bertz CT molecular complexity index is 116. The van der Waals surface area contributed by atoms with E-state index >= 15 is 0 Å². The molecule has 1 atom stereocenters. The molecule has 1 fully saturated rings. The van der Waals surface area contributed by atoms with E-state index in [0.29, 0.717) is 6.61 Å². The number of likely N-dealkylation sites (tertiary alicyclic amines) is 1. The average molecular weight is 142 g/mol. The van der Waals surface area contributed by atoms with Crippen molar-refractivity contribution in [2.45, 2.75) is 19.8 Å². The molecule has 2 nitrogen and oxygen atoms in total. The lowest BCUT2D eigenvalue weighted by atomic mass is 9.83. The van der Waals surface area contributed by atoms with Gasteiger partial charge < -0.3 is 10.0 Å². The zero-order valence-corrected chi connectivity index (χ0v) is 6.64. The van der Waals surface area contributed by atoms with Crippen LogP contribution in [-0.2, 0) is 0 Å². The monoisotopic (exact) mass is 142 g/mol. The van der Waals surface area contributed by atoms with Gasteiger partial charge in [0.05, 0.1) is 0 Å². The van der Waals surface area contributed by atoms with Crippen LogP contribution in [0.3, 0.4) is 0 Å². The van der Waals surface area contributed by atoms with Crippen molar-refractivity contribution < 1.29 is 5.11 Å². The van der Waals surface area contributed by atoms with Crippen molar-refractivity contribution in [3.8, 4) is 0 Å². The normalized spacial score (nSPS) is 36.3. The van der Waals surface area contributed by atoms with E-state index in [-0.39, 0.29) is 5.41 Å². The van der Waals surface area contributed by atoms with Crippen LogP contribution in [-0.4, -0.2) is 29.7 Å². The SMILES string of the molecule is [CH2-]N1CCCC(C)(CO)C1. The molecule has 2 heteroatoms. The fourth-order valence-corrected chi connectivity index (χ4v) is 1.56. The van der Waals surface area contributed by atoms with Gasteiger partial charge >= 0.3 is 0 Å². The van der Waals surface area contributed by atoms with E-state index < -0.39 is 0 Å². The lowest BCUT2D eigenvalue weighted by Gasteiger charge is -2.41. The lowest BCUT2D eigenvalue weighted by molar-refractivity contribution is 0.0668. The molecule has 1 aliphatic rings. The second kappa shape index (κ2) is 2.89. The maximum Gasteiger partial charge on any atom is 0.0496 e. The maximum atomic E-state index is 9.01. The highest BCUT2D eigenvalue weighted by atomic mass is 16.3. The van der Waals surface area contributed by atoms with Crippen molar-refractivity contribution in [2.24, 2.45) is 5.41 Å². The van der Waals surface area contributed by atoms with Crippen LogP contribution in [0.4, 0.5) is 0 Å². The van der Waals surface area contributed by atoms with Crippen LogP contribution in [0.15, 0.2) is 0 Å². The quantitative estimate of drug-likeness (QED) is 0.549. The van der Waals surface area contributed by atoms with Gasteiger partial charge in [-0.25, -0.2) is 0 Å². The molecule has 1 rings (SSSR count). The summed E-state index contributed by atoms with van der Waals surface area (Å²) in [6, 6.07) is 0. The van der Waals surface area contributed by atoms with Crippen molar-refractivity contribution in [3.05, 3.63) is 7.05 Å². The van der Waals surface area contributed by atoms with Gasteiger partial charge in [0.1, 0.15) is 0 Å². The highest BCUT2D eigenvalue weighted by Gasteiger charge is 2.25. The van der Waals surface area contributed by atoms with Crippen LogP contribution in [0.2, 0.25) is 0 Å². The second-order valence-electron chi connectivity index (χ2n) is 3.62. The molecule has 0 spiro atoms. The smallest absolute Gasteiger partial charge is 0.0496 e. The molecule has 0 bridgehead atoms. The molecule has 0 amide bonds. The fourth-order valence-electron chi connectivity index (χ4n) is 1.56. The van der Waals surface area contributed by atoms with Gasteiger partial charge in [0.25, 0.3) is 0 Å². The van der Waals surface area contributed by atoms with E-state index in [1.165, 1.54) is 6.42 Å². The molecule has 0 saturated carbocycles. The van der Waals surface area contributed by atoms with Crippen molar-refractivity contribution in [1.29, 1.82) is 0 Å². The molecule has 0 aromatic heterocycles. The van der Waals surface area contributed by atoms with E-state index in [2.05, 4.69) is 14.0 Å². The Morgan fingerprint density at radius 3 is 2.80 bits per heavy atom. The molecule has 1 aliphatic heterocycles. The van der Waals surface area contributed by atoms with Gasteiger partial charge in [-0.15, -0.1) is 0 Å². The van der Waals surface area contributed by atoms with Crippen LogP contribution in [0.5, 0.6) is 0 Å². The number of hydrogen-bond donors (Lipinski definition) is 1. The molecular formula is C8H16NO-. The summed E-state index contributed by atoms with van der Waals surface area (Å²) < 4.78 is 0. The summed E-state index contributed by atoms with van der Waals surface area (Å²) in [5.41, 5.74) is 0.111. The van der Waals surface area contributed by atoms with Crippen molar-refractivity contribution in [3.63, 3.8) is 0 Å². The third-order valence-corrected chi connectivity index (χ3v) is 2.24. The second-order valence-corrected chi connectivity index (χ2v) is 3.62. The molecule has 1 heterocycles. The topological polar surface area (TPSA) is 23.5 Å². The van der Waals surface area contributed by atoms with Gasteiger partial charge in [0.2, 0.25) is 0 Å². The van der Waals surface area contributed by atoms with Crippen LogP contribution in [0, 0.1) is 12.5 Å². The van der Waals surface area contributed by atoms with Gasteiger partial charge in [-0.2, -0.15) is 0 Å². The maximum absolute atomic E-state index is 9.01. The number of rotatable bonds is 1. The molecule has 10 heavy (non-hydrogen) atoms. The van der Waals surface area contributed by atoms with Crippen LogP contribution >= 0.6 is 0 Å². The Hall–Kier alpha value is -0.0800. The predicted molar refractivity (Wildman–Crippen MR) is 41.4 cm³/mol. The van der Waals surface area contributed by atoms with E-state index in [4.69, 9.17) is 5.11 Å². The molecule has 1 unspecified atom stereocenters. The Balaban J connectivity index is 2.45. The van der Waals surface area contributed by atoms with E-state index in [9.17, 15) is 0 Å². The molecule has 0 aromatic carbocycles. The number of nitrogens with zero attached hydrogens (tertiary/aromatic N) is 1. The standard InChI is InChI=1S/C8H16NO/c1-8(7-10)4-3-5-9(2)6-8/h10H,2-7H2,1H3/q-1. The summed E-state index contributed by atoms with van der Waals surface area (Å²) in [5, 5.41) is 9.01. The first kappa shape index (κ1) is 8.02. The first-order chi connectivity index (χ1) is 4.66. The minimum absolute atomic E-state index is 0.111. The van der Waals surface area contributed by atoms with Crippen molar-refractivity contribution in [1.82, 2.24) is 4.90 Å². The molecule has 0 radical (unpaired) electrons.